The lowest BCUT2D eigenvalue weighted by Gasteiger charge is -2.12. The van der Waals surface area contributed by atoms with E-state index < -0.39 is 0 Å². The van der Waals surface area contributed by atoms with Gasteiger partial charge in [0.2, 0.25) is 0 Å². The number of hydrogen-bond donors (Lipinski definition) is 2. The van der Waals surface area contributed by atoms with Crippen LogP contribution in [0.2, 0.25) is 0 Å². The molecule has 1 aromatic carbocycles. The van der Waals surface area contributed by atoms with Crippen LogP contribution < -0.4 is 14.8 Å². The van der Waals surface area contributed by atoms with Crippen molar-refractivity contribution in [2.75, 3.05) is 14.2 Å². The van der Waals surface area contributed by atoms with Crippen LogP contribution in [0, 0.1) is 0 Å². The number of hydrogen-bond acceptors (Lipinski definition) is 5. The Morgan fingerprint density at radius 3 is 2.62 bits per heavy atom. The van der Waals surface area contributed by atoms with Crippen molar-refractivity contribution in [3.05, 3.63) is 53.3 Å². The monoisotopic (exact) mass is 288 g/mol. The number of benzene rings is 1. The minimum Gasteiger partial charge on any atom is -0.493 e. The first kappa shape index (κ1) is 15.3. The van der Waals surface area contributed by atoms with Crippen LogP contribution in [0.1, 0.15) is 16.8 Å². The molecule has 0 fully saturated rings. The highest BCUT2D eigenvalue weighted by atomic mass is 16.5. The Morgan fingerprint density at radius 2 is 1.90 bits per heavy atom. The Labute approximate surface area is 124 Å². The second kappa shape index (κ2) is 7.61. The zero-order valence-corrected chi connectivity index (χ0v) is 12.3. The molecule has 0 atom stereocenters. The lowest BCUT2D eigenvalue weighted by Crippen LogP contribution is -2.15. The molecule has 0 saturated carbocycles. The van der Waals surface area contributed by atoms with Gasteiger partial charge in [0.05, 0.1) is 26.5 Å². The number of methoxy groups -OCH3 is 2. The summed E-state index contributed by atoms with van der Waals surface area (Å²) in [5.41, 5.74) is 2.82. The highest BCUT2D eigenvalue weighted by Gasteiger charge is 2.10. The van der Waals surface area contributed by atoms with Gasteiger partial charge >= 0.3 is 0 Å². The fraction of sp³-hybridized carbons (Fsp3) is 0.312. The summed E-state index contributed by atoms with van der Waals surface area (Å²) in [4.78, 5) is 4.32. The summed E-state index contributed by atoms with van der Waals surface area (Å²) in [6, 6.07) is 9.60. The number of aliphatic hydroxyl groups is 1. The van der Waals surface area contributed by atoms with Gasteiger partial charge in [0, 0.05) is 25.4 Å². The Balaban J connectivity index is 2.00. The van der Waals surface area contributed by atoms with Crippen LogP contribution in [0.25, 0.3) is 0 Å². The molecule has 112 valence electrons. The fourth-order valence-electron chi connectivity index (χ4n) is 2.14. The molecule has 0 spiro atoms. The number of nitrogens with one attached hydrogen (secondary N) is 1. The lowest BCUT2D eigenvalue weighted by molar-refractivity contribution is 0.281. The van der Waals surface area contributed by atoms with Gasteiger partial charge in [-0.1, -0.05) is 24.3 Å². The molecule has 1 heterocycles. The highest BCUT2D eigenvalue weighted by Crippen LogP contribution is 2.28. The summed E-state index contributed by atoms with van der Waals surface area (Å²) in [6.07, 6.45) is 1.70. The summed E-state index contributed by atoms with van der Waals surface area (Å²) in [5, 5.41) is 12.4. The van der Waals surface area contributed by atoms with Gasteiger partial charge in [0.15, 0.2) is 11.5 Å². The number of nitrogens with zero attached hydrogens (tertiary/aromatic N) is 1. The van der Waals surface area contributed by atoms with Gasteiger partial charge in [-0.05, 0) is 11.1 Å². The molecule has 0 aliphatic rings. The van der Waals surface area contributed by atoms with Gasteiger partial charge in [0.1, 0.15) is 0 Å². The van der Waals surface area contributed by atoms with E-state index in [0.29, 0.717) is 24.6 Å². The quantitative estimate of drug-likeness (QED) is 0.814. The van der Waals surface area contributed by atoms with E-state index in [1.165, 1.54) is 0 Å². The molecule has 0 amide bonds. The van der Waals surface area contributed by atoms with Crippen LogP contribution in [0.3, 0.4) is 0 Å². The van der Waals surface area contributed by atoms with Crippen molar-refractivity contribution in [1.29, 1.82) is 0 Å². The summed E-state index contributed by atoms with van der Waals surface area (Å²) in [6.45, 7) is 1.32. The standard InChI is InChI=1S/C16H20N2O3/c1-20-15-6-7-18-14(16(15)21-2)10-17-9-12-4-3-5-13(8-12)11-19/h3-8,17,19H,9-11H2,1-2H3. The van der Waals surface area contributed by atoms with E-state index in [0.717, 1.165) is 16.8 Å². The van der Waals surface area contributed by atoms with E-state index in [1.807, 2.05) is 24.3 Å². The zero-order chi connectivity index (χ0) is 15.1. The predicted octanol–water partition coefficient (Wildman–Crippen LogP) is 1.88. The van der Waals surface area contributed by atoms with E-state index in [4.69, 9.17) is 14.6 Å². The number of pyridine rings is 1. The number of aromatic nitrogens is 1. The second-order valence-corrected chi connectivity index (χ2v) is 4.57. The normalized spacial score (nSPS) is 10.4. The fourth-order valence-corrected chi connectivity index (χ4v) is 2.14. The molecule has 2 rings (SSSR count). The van der Waals surface area contributed by atoms with Crippen LogP contribution in [0.5, 0.6) is 11.5 Å². The van der Waals surface area contributed by atoms with Crippen molar-refractivity contribution in [3.63, 3.8) is 0 Å². The molecule has 2 N–H and O–H groups in total. The summed E-state index contributed by atoms with van der Waals surface area (Å²) in [5.74, 6) is 1.32. The molecule has 21 heavy (non-hydrogen) atoms. The minimum atomic E-state index is 0.0547. The minimum absolute atomic E-state index is 0.0547. The van der Waals surface area contributed by atoms with Crippen LogP contribution >= 0.6 is 0 Å². The number of rotatable bonds is 7. The first-order valence-electron chi connectivity index (χ1n) is 6.73. The molecule has 1 aromatic heterocycles. The Hall–Kier alpha value is -2.11. The van der Waals surface area contributed by atoms with Crippen molar-refractivity contribution in [1.82, 2.24) is 10.3 Å². The Bertz CT molecular complexity index is 587. The van der Waals surface area contributed by atoms with Gasteiger partial charge in [-0.25, -0.2) is 0 Å². The largest absolute Gasteiger partial charge is 0.493 e. The maximum Gasteiger partial charge on any atom is 0.183 e. The van der Waals surface area contributed by atoms with Crippen LogP contribution in [0.4, 0.5) is 0 Å². The smallest absolute Gasteiger partial charge is 0.183 e. The molecule has 0 aliphatic heterocycles. The van der Waals surface area contributed by atoms with E-state index in [2.05, 4.69) is 10.3 Å². The molecule has 0 unspecified atom stereocenters. The topological polar surface area (TPSA) is 63.6 Å². The van der Waals surface area contributed by atoms with Crippen LogP contribution in [-0.4, -0.2) is 24.3 Å². The maximum atomic E-state index is 9.13. The number of ether oxygens (including phenoxy) is 2. The van der Waals surface area contributed by atoms with E-state index in [-0.39, 0.29) is 6.61 Å². The molecule has 2 aromatic rings. The van der Waals surface area contributed by atoms with E-state index in [1.54, 1.807) is 26.5 Å². The average molecular weight is 288 g/mol. The third-order valence-corrected chi connectivity index (χ3v) is 3.16. The molecule has 0 aliphatic carbocycles. The Kier molecular flexibility index (Phi) is 5.54. The third kappa shape index (κ3) is 3.93. The predicted molar refractivity (Wildman–Crippen MR) is 80.2 cm³/mol. The van der Waals surface area contributed by atoms with Gasteiger partial charge < -0.3 is 19.9 Å². The summed E-state index contributed by atoms with van der Waals surface area (Å²) >= 11 is 0. The van der Waals surface area contributed by atoms with Crippen molar-refractivity contribution >= 4 is 0 Å². The van der Waals surface area contributed by atoms with Crippen molar-refractivity contribution in [3.8, 4) is 11.5 Å². The number of aliphatic hydroxyl groups excluding tert-OH is 1. The maximum absolute atomic E-state index is 9.13. The van der Waals surface area contributed by atoms with Gasteiger partial charge in [-0.15, -0.1) is 0 Å². The highest BCUT2D eigenvalue weighted by molar-refractivity contribution is 5.42. The first-order valence-corrected chi connectivity index (χ1v) is 6.73. The summed E-state index contributed by atoms with van der Waals surface area (Å²) < 4.78 is 10.6. The first-order chi connectivity index (χ1) is 10.3. The second-order valence-electron chi connectivity index (χ2n) is 4.57. The lowest BCUT2D eigenvalue weighted by atomic mass is 10.1. The molecule has 0 radical (unpaired) electrons. The molecule has 0 bridgehead atoms. The molecule has 5 heteroatoms. The molecular formula is C16H20N2O3. The SMILES string of the molecule is COc1ccnc(CNCc2cccc(CO)c2)c1OC. The van der Waals surface area contributed by atoms with Gasteiger partial charge in [-0.3, -0.25) is 4.98 Å². The summed E-state index contributed by atoms with van der Waals surface area (Å²) in [7, 11) is 3.21. The van der Waals surface area contributed by atoms with Crippen LogP contribution in [0.15, 0.2) is 36.5 Å². The van der Waals surface area contributed by atoms with E-state index in [9.17, 15) is 0 Å². The van der Waals surface area contributed by atoms with Crippen molar-refractivity contribution in [2.24, 2.45) is 0 Å². The van der Waals surface area contributed by atoms with Gasteiger partial charge in [-0.2, -0.15) is 0 Å². The zero-order valence-electron chi connectivity index (χ0n) is 12.3. The van der Waals surface area contributed by atoms with Crippen molar-refractivity contribution < 1.29 is 14.6 Å². The van der Waals surface area contributed by atoms with Gasteiger partial charge in [0.25, 0.3) is 0 Å². The molecule has 5 nitrogen and oxygen atoms in total. The Morgan fingerprint density at radius 1 is 1.10 bits per heavy atom. The van der Waals surface area contributed by atoms with Crippen molar-refractivity contribution in [2.45, 2.75) is 19.7 Å². The van der Waals surface area contributed by atoms with E-state index >= 15 is 0 Å². The molecule has 0 saturated heterocycles. The third-order valence-electron chi connectivity index (χ3n) is 3.16. The van der Waals surface area contributed by atoms with Crippen LogP contribution in [-0.2, 0) is 19.7 Å². The average Bonchev–Trinajstić information content (AvgIpc) is 2.54. The molecular weight excluding hydrogens is 268 g/mol.